The molecule has 2 heteroatoms. The molecule has 0 aliphatic rings. The van der Waals surface area contributed by atoms with Gasteiger partial charge in [-0.3, -0.25) is 0 Å². The Bertz CT molecular complexity index is 488. The molecule has 0 bridgehead atoms. The number of rotatable bonds is 4. The summed E-state index contributed by atoms with van der Waals surface area (Å²) in [6.07, 6.45) is 0. The van der Waals surface area contributed by atoms with Crippen LogP contribution in [0.4, 0.5) is 0 Å². The first-order chi connectivity index (χ1) is 8.65. The Hall–Kier alpha value is -1.80. The van der Waals surface area contributed by atoms with Gasteiger partial charge in [0.25, 0.3) is 0 Å². The Balaban J connectivity index is 1.99. The van der Waals surface area contributed by atoms with E-state index in [-0.39, 0.29) is 6.04 Å². The van der Waals surface area contributed by atoms with Crippen LogP contribution in [0.5, 0.6) is 5.75 Å². The molecule has 2 aromatic rings. The molecule has 0 saturated heterocycles. The summed E-state index contributed by atoms with van der Waals surface area (Å²) in [5.41, 5.74) is 9.61. The predicted octanol–water partition coefficient (Wildman–Crippen LogP) is 3.38. The van der Waals surface area contributed by atoms with Crippen LogP contribution in [0.15, 0.2) is 48.5 Å². The number of aryl methyl sites for hydroxylation is 2. The van der Waals surface area contributed by atoms with Crippen molar-refractivity contribution < 1.29 is 4.74 Å². The molecular formula is C16H19NO. The molecule has 0 unspecified atom stereocenters. The summed E-state index contributed by atoms with van der Waals surface area (Å²) in [4.78, 5) is 0. The Labute approximate surface area is 108 Å². The lowest BCUT2D eigenvalue weighted by Crippen LogP contribution is -2.18. The number of benzene rings is 2. The zero-order valence-corrected chi connectivity index (χ0v) is 10.9. The van der Waals surface area contributed by atoms with E-state index < -0.39 is 0 Å². The molecule has 0 radical (unpaired) electrons. The summed E-state index contributed by atoms with van der Waals surface area (Å²) < 4.78 is 5.76. The monoisotopic (exact) mass is 241 g/mol. The Morgan fingerprint density at radius 1 is 1.00 bits per heavy atom. The van der Waals surface area contributed by atoms with Crippen LogP contribution in [0.3, 0.4) is 0 Å². The van der Waals surface area contributed by atoms with E-state index in [2.05, 4.69) is 19.9 Å². The zero-order chi connectivity index (χ0) is 13.0. The van der Waals surface area contributed by atoms with Crippen LogP contribution in [-0.4, -0.2) is 6.61 Å². The number of nitrogens with two attached hydrogens (primary N) is 1. The van der Waals surface area contributed by atoms with E-state index in [1.807, 2.05) is 42.5 Å². The van der Waals surface area contributed by atoms with Crippen molar-refractivity contribution in [1.29, 1.82) is 0 Å². The second-order valence-corrected chi connectivity index (χ2v) is 4.65. The molecule has 2 aromatic carbocycles. The maximum Gasteiger partial charge on any atom is 0.119 e. The van der Waals surface area contributed by atoms with Crippen molar-refractivity contribution in [3.05, 3.63) is 65.2 Å². The molecule has 1 atom stereocenters. The number of hydrogen-bond acceptors (Lipinski definition) is 2. The molecule has 2 rings (SSSR count). The van der Waals surface area contributed by atoms with Crippen LogP contribution in [0.2, 0.25) is 0 Å². The standard InChI is InChI=1S/C16H19NO/c1-12-8-13(2)10-15(9-12)18-11-16(17)14-6-4-3-5-7-14/h3-10,16H,11,17H2,1-2H3/t16-/m1/s1. The minimum atomic E-state index is -0.0907. The minimum absolute atomic E-state index is 0.0907. The molecule has 0 spiro atoms. The van der Waals surface area contributed by atoms with Crippen molar-refractivity contribution in [1.82, 2.24) is 0 Å². The summed E-state index contributed by atoms with van der Waals surface area (Å²) in [6, 6.07) is 16.1. The molecule has 2 N–H and O–H groups in total. The van der Waals surface area contributed by atoms with Crippen LogP contribution >= 0.6 is 0 Å². The highest BCUT2D eigenvalue weighted by atomic mass is 16.5. The lowest BCUT2D eigenvalue weighted by Gasteiger charge is -2.14. The average Bonchev–Trinajstić information content (AvgIpc) is 2.36. The maximum atomic E-state index is 6.09. The molecule has 0 saturated carbocycles. The van der Waals surface area contributed by atoms with Gasteiger partial charge in [0.2, 0.25) is 0 Å². The van der Waals surface area contributed by atoms with Gasteiger partial charge in [-0.25, -0.2) is 0 Å². The van der Waals surface area contributed by atoms with E-state index in [1.54, 1.807) is 0 Å². The van der Waals surface area contributed by atoms with Gasteiger partial charge in [0.1, 0.15) is 12.4 Å². The first-order valence-electron chi connectivity index (χ1n) is 6.17. The van der Waals surface area contributed by atoms with Gasteiger partial charge >= 0.3 is 0 Å². The topological polar surface area (TPSA) is 35.2 Å². The second-order valence-electron chi connectivity index (χ2n) is 4.65. The smallest absolute Gasteiger partial charge is 0.119 e. The van der Waals surface area contributed by atoms with Gasteiger partial charge in [-0.15, -0.1) is 0 Å². The summed E-state index contributed by atoms with van der Waals surface area (Å²) in [6.45, 7) is 4.63. The third-order valence-corrected chi connectivity index (χ3v) is 2.85. The largest absolute Gasteiger partial charge is 0.492 e. The van der Waals surface area contributed by atoms with E-state index >= 15 is 0 Å². The van der Waals surface area contributed by atoms with Crippen LogP contribution < -0.4 is 10.5 Å². The molecule has 0 fully saturated rings. The Morgan fingerprint density at radius 2 is 1.61 bits per heavy atom. The van der Waals surface area contributed by atoms with E-state index in [0.29, 0.717) is 6.61 Å². The van der Waals surface area contributed by atoms with Gasteiger partial charge < -0.3 is 10.5 Å². The summed E-state index contributed by atoms with van der Waals surface area (Å²) in [7, 11) is 0. The molecule has 0 heterocycles. The summed E-state index contributed by atoms with van der Waals surface area (Å²) >= 11 is 0. The minimum Gasteiger partial charge on any atom is -0.492 e. The van der Waals surface area contributed by atoms with Crippen molar-refractivity contribution in [2.45, 2.75) is 19.9 Å². The molecule has 94 valence electrons. The molecule has 0 aliphatic heterocycles. The van der Waals surface area contributed by atoms with E-state index in [9.17, 15) is 0 Å². The molecular weight excluding hydrogens is 222 g/mol. The van der Waals surface area contributed by atoms with Gasteiger partial charge in [-0.1, -0.05) is 36.4 Å². The van der Waals surface area contributed by atoms with Gasteiger partial charge in [-0.2, -0.15) is 0 Å². The van der Waals surface area contributed by atoms with Gasteiger partial charge in [-0.05, 0) is 42.7 Å². The first-order valence-corrected chi connectivity index (χ1v) is 6.17. The van der Waals surface area contributed by atoms with Crippen molar-refractivity contribution in [3.8, 4) is 5.75 Å². The number of hydrogen-bond donors (Lipinski definition) is 1. The predicted molar refractivity (Wildman–Crippen MR) is 74.8 cm³/mol. The molecule has 0 aromatic heterocycles. The van der Waals surface area contributed by atoms with E-state index in [0.717, 1.165) is 11.3 Å². The van der Waals surface area contributed by atoms with Crippen LogP contribution in [0.1, 0.15) is 22.7 Å². The van der Waals surface area contributed by atoms with Gasteiger partial charge in [0.15, 0.2) is 0 Å². The first kappa shape index (κ1) is 12.7. The fourth-order valence-corrected chi connectivity index (χ4v) is 2.00. The maximum absolute atomic E-state index is 6.09. The highest BCUT2D eigenvalue weighted by Gasteiger charge is 2.06. The zero-order valence-electron chi connectivity index (χ0n) is 10.9. The average molecular weight is 241 g/mol. The normalized spacial score (nSPS) is 12.2. The van der Waals surface area contributed by atoms with E-state index in [4.69, 9.17) is 10.5 Å². The molecule has 0 amide bonds. The van der Waals surface area contributed by atoms with Crippen LogP contribution in [0.25, 0.3) is 0 Å². The summed E-state index contributed by atoms with van der Waals surface area (Å²) in [5, 5.41) is 0. The quantitative estimate of drug-likeness (QED) is 0.890. The van der Waals surface area contributed by atoms with Crippen molar-refractivity contribution in [2.24, 2.45) is 5.73 Å². The Morgan fingerprint density at radius 3 is 2.22 bits per heavy atom. The molecule has 2 nitrogen and oxygen atoms in total. The Kier molecular flexibility index (Phi) is 4.00. The lowest BCUT2D eigenvalue weighted by molar-refractivity contribution is 0.290. The number of ether oxygens (including phenoxy) is 1. The van der Waals surface area contributed by atoms with Crippen LogP contribution in [-0.2, 0) is 0 Å². The summed E-state index contributed by atoms with van der Waals surface area (Å²) in [5.74, 6) is 0.888. The second kappa shape index (κ2) is 5.69. The van der Waals surface area contributed by atoms with Gasteiger partial charge in [0, 0.05) is 0 Å². The fraction of sp³-hybridized carbons (Fsp3) is 0.250. The van der Waals surface area contributed by atoms with Crippen LogP contribution in [0, 0.1) is 13.8 Å². The fourth-order valence-electron chi connectivity index (χ4n) is 2.00. The highest BCUT2D eigenvalue weighted by molar-refractivity contribution is 5.33. The van der Waals surface area contributed by atoms with E-state index in [1.165, 1.54) is 11.1 Å². The van der Waals surface area contributed by atoms with Gasteiger partial charge in [0.05, 0.1) is 6.04 Å². The van der Waals surface area contributed by atoms with Crippen molar-refractivity contribution in [3.63, 3.8) is 0 Å². The third kappa shape index (κ3) is 3.34. The molecule has 18 heavy (non-hydrogen) atoms. The molecule has 0 aliphatic carbocycles. The third-order valence-electron chi connectivity index (χ3n) is 2.85. The lowest BCUT2D eigenvalue weighted by atomic mass is 10.1. The van der Waals surface area contributed by atoms with Crippen molar-refractivity contribution >= 4 is 0 Å². The highest BCUT2D eigenvalue weighted by Crippen LogP contribution is 2.18. The SMILES string of the molecule is Cc1cc(C)cc(OC[C@@H](N)c2ccccc2)c1. The van der Waals surface area contributed by atoms with Crippen molar-refractivity contribution in [2.75, 3.05) is 6.61 Å².